The molecule has 0 fully saturated rings. The zero-order valence-electron chi connectivity index (χ0n) is 9.13. The van der Waals surface area contributed by atoms with Crippen LogP contribution < -0.4 is 5.73 Å². The van der Waals surface area contributed by atoms with E-state index in [1.807, 2.05) is 0 Å². The maximum absolute atomic E-state index is 12.9. The number of unbranched alkanes of at least 4 members (excludes halogenated alkanes) is 2. The van der Waals surface area contributed by atoms with Crippen LogP contribution in [0.5, 0.6) is 0 Å². The van der Waals surface area contributed by atoms with E-state index in [1.54, 1.807) is 6.07 Å². The van der Waals surface area contributed by atoms with Crippen molar-refractivity contribution in [2.45, 2.75) is 32.8 Å². The smallest absolute Gasteiger partial charge is 0.123 e. The molecule has 2 nitrogen and oxygen atoms in total. The van der Waals surface area contributed by atoms with E-state index in [9.17, 15) is 4.39 Å². The Hall–Kier alpha value is -1.09. The first-order chi connectivity index (χ1) is 7.24. The minimum atomic E-state index is -0.267. The molecule has 0 bridgehead atoms. The molecule has 0 amide bonds. The van der Waals surface area contributed by atoms with Crippen LogP contribution in [0.4, 0.5) is 10.1 Å². The van der Waals surface area contributed by atoms with E-state index in [0.29, 0.717) is 18.9 Å². The van der Waals surface area contributed by atoms with E-state index >= 15 is 0 Å². The molecule has 15 heavy (non-hydrogen) atoms. The van der Waals surface area contributed by atoms with Gasteiger partial charge < -0.3 is 10.5 Å². The number of hydrogen-bond acceptors (Lipinski definition) is 2. The predicted octanol–water partition coefficient (Wildman–Crippen LogP) is 3.11. The normalized spacial score (nSPS) is 10.5. The molecule has 3 heteroatoms. The predicted molar refractivity (Wildman–Crippen MR) is 60.0 cm³/mol. The van der Waals surface area contributed by atoms with Crippen molar-refractivity contribution < 1.29 is 9.13 Å². The van der Waals surface area contributed by atoms with Crippen molar-refractivity contribution >= 4 is 5.69 Å². The van der Waals surface area contributed by atoms with Gasteiger partial charge >= 0.3 is 0 Å². The fourth-order valence-electron chi connectivity index (χ4n) is 1.34. The highest BCUT2D eigenvalue weighted by atomic mass is 19.1. The van der Waals surface area contributed by atoms with E-state index in [0.717, 1.165) is 12.0 Å². The van der Waals surface area contributed by atoms with Crippen molar-refractivity contribution in [3.05, 3.63) is 29.6 Å². The van der Waals surface area contributed by atoms with Crippen molar-refractivity contribution in [2.75, 3.05) is 12.3 Å². The number of benzene rings is 1. The Morgan fingerprint density at radius 3 is 2.87 bits per heavy atom. The summed E-state index contributed by atoms with van der Waals surface area (Å²) >= 11 is 0. The van der Waals surface area contributed by atoms with Crippen LogP contribution in [0.15, 0.2) is 18.2 Å². The lowest BCUT2D eigenvalue weighted by molar-refractivity contribution is 0.117. The Labute approximate surface area is 90.2 Å². The van der Waals surface area contributed by atoms with E-state index in [4.69, 9.17) is 10.5 Å². The highest BCUT2D eigenvalue weighted by molar-refractivity contribution is 5.46. The minimum Gasteiger partial charge on any atom is -0.398 e. The fourth-order valence-corrected chi connectivity index (χ4v) is 1.34. The van der Waals surface area contributed by atoms with Crippen LogP contribution in [0.2, 0.25) is 0 Å². The summed E-state index contributed by atoms with van der Waals surface area (Å²) in [6.07, 6.45) is 3.38. The first kappa shape index (κ1) is 12.0. The number of anilines is 1. The van der Waals surface area contributed by atoms with Crippen LogP contribution in [-0.2, 0) is 11.3 Å². The molecule has 2 N–H and O–H groups in total. The molecule has 1 rings (SSSR count). The van der Waals surface area contributed by atoms with E-state index < -0.39 is 0 Å². The monoisotopic (exact) mass is 211 g/mol. The van der Waals surface area contributed by atoms with Gasteiger partial charge in [0.1, 0.15) is 5.82 Å². The molecule has 0 aliphatic heterocycles. The third-order valence-corrected chi connectivity index (χ3v) is 2.25. The lowest BCUT2D eigenvalue weighted by Crippen LogP contribution is -2.00. The van der Waals surface area contributed by atoms with Gasteiger partial charge in [0.2, 0.25) is 0 Å². The summed E-state index contributed by atoms with van der Waals surface area (Å²) in [5.74, 6) is -0.267. The van der Waals surface area contributed by atoms with Crippen LogP contribution in [-0.4, -0.2) is 6.61 Å². The highest BCUT2D eigenvalue weighted by Gasteiger charge is 2.00. The summed E-state index contributed by atoms with van der Waals surface area (Å²) in [7, 11) is 0. The second kappa shape index (κ2) is 6.40. The molecule has 1 aromatic carbocycles. The van der Waals surface area contributed by atoms with Crippen LogP contribution in [0.25, 0.3) is 0 Å². The molecular weight excluding hydrogens is 193 g/mol. The first-order valence-corrected chi connectivity index (χ1v) is 5.35. The first-order valence-electron chi connectivity index (χ1n) is 5.35. The van der Waals surface area contributed by atoms with Crippen molar-refractivity contribution in [1.82, 2.24) is 0 Å². The molecule has 0 atom stereocenters. The summed E-state index contributed by atoms with van der Waals surface area (Å²) in [5, 5.41) is 0. The zero-order chi connectivity index (χ0) is 11.1. The molecule has 0 aliphatic rings. The molecular formula is C12H18FNO. The molecule has 0 aliphatic carbocycles. The van der Waals surface area contributed by atoms with Crippen LogP contribution >= 0.6 is 0 Å². The standard InChI is InChI=1S/C12H18FNO/c1-2-3-4-7-15-9-10-8-11(13)5-6-12(10)14/h5-6,8H,2-4,7,9,14H2,1H3. The Bertz CT molecular complexity index is 302. The van der Waals surface area contributed by atoms with Crippen molar-refractivity contribution in [3.63, 3.8) is 0 Å². The van der Waals surface area contributed by atoms with Crippen LogP contribution in [0.3, 0.4) is 0 Å². The molecule has 0 spiro atoms. The SMILES string of the molecule is CCCCCOCc1cc(F)ccc1N. The number of hydrogen-bond donors (Lipinski definition) is 1. The van der Waals surface area contributed by atoms with Crippen LogP contribution in [0.1, 0.15) is 31.7 Å². The summed E-state index contributed by atoms with van der Waals surface area (Å²) < 4.78 is 18.3. The number of halogens is 1. The van der Waals surface area contributed by atoms with Gasteiger partial charge in [-0.25, -0.2) is 4.39 Å². The second-order valence-electron chi connectivity index (χ2n) is 3.60. The molecule has 0 aromatic heterocycles. The number of nitrogens with two attached hydrogens (primary N) is 1. The molecule has 0 saturated carbocycles. The average molecular weight is 211 g/mol. The lowest BCUT2D eigenvalue weighted by atomic mass is 10.2. The van der Waals surface area contributed by atoms with E-state index in [1.165, 1.54) is 25.0 Å². The summed E-state index contributed by atoms with van der Waals surface area (Å²) in [6, 6.07) is 4.35. The fraction of sp³-hybridized carbons (Fsp3) is 0.500. The third-order valence-electron chi connectivity index (χ3n) is 2.25. The van der Waals surface area contributed by atoms with Gasteiger partial charge in [-0.15, -0.1) is 0 Å². The summed E-state index contributed by atoms with van der Waals surface area (Å²) in [5.41, 5.74) is 7.00. The van der Waals surface area contributed by atoms with Gasteiger partial charge in [0.15, 0.2) is 0 Å². The second-order valence-corrected chi connectivity index (χ2v) is 3.60. The van der Waals surface area contributed by atoms with Gasteiger partial charge in [0.25, 0.3) is 0 Å². The van der Waals surface area contributed by atoms with Gasteiger partial charge in [-0.2, -0.15) is 0 Å². The quantitative estimate of drug-likeness (QED) is 0.579. The summed E-state index contributed by atoms with van der Waals surface area (Å²) in [6.45, 7) is 3.25. The van der Waals surface area contributed by atoms with Gasteiger partial charge in [-0.05, 0) is 24.6 Å². The van der Waals surface area contributed by atoms with E-state index in [2.05, 4.69) is 6.92 Å². The Morgan fingerprint density at radius 1 is 1.33 bits per heavy atom. The zero-order valence-corrected chi connectivity index (χ0v) is 9.13. The third kappa shape index (κ3) is 4.30. The molecule has 0 radical (unpaired) electrons. The van der Waals surface area contributed by atoms with Crippen molar-refractivity contribution in [3.8, 4) is 0 Å². The van der Waals surface area contributed by atoms with Gasteiger partial charge in [0, 0.05) is 17.9 Å². The van der Waals surface area contributed by atoms with E-state index in [-0.39, 0.29) is 5.82 Å². The molecule has 84 valence electrons. The maximum atomic E-state index is 12.9. The van der Waals surface area contributed by atoms with Gasteiger partial charge in [-0.1, -0.05) is 19.8 Å². The van der Waals surface area contributed by atoms with Gasteiger partial charge in [0.05, 0.1) is 6.61 Å². The topological polar surface area (TPSA) is 35.2 Å². The largest absolute Gasteiger partial charge is 0.398 e. The molecule has 1 aromatic rings. The summed E-state index contributed by atoms with van der Waals surface area (Å²) in [4.78, 5) is 0. The van der Waals surface area contributed by atoms with Crippen molar-refractivity contribution in [2.24, 2.45) is 0 Å². The Balaban J connectivity index is 2.33. The molecule has 0 heterocycles. The number of ether oxygens (including phenoxy) is 1. The number of rotatable bonds is 6. The maximum Gasteiger partial charge on any atom is 0.123 e. The lowest BCUT2D eigenvalue weighted by Gasteiger charge is -2.06. The molecule has 0 unspecified atom stereocenters. The molecule has 0 saturated heterocycles. The van der Waals surface area contributed by atoms with Gasteiger partial charge in [-0.3, -0.25) is 0 Å². The highest BCUT2D eigenvalue weighted by Crippen LogP contribution is 2.14. The Morgan fingerprint density at radius 2 is 2.13 bits per heavy atom. The minimum absolute atomic E-state index is 0.267. The van der Waals surface area contributed by atoms with Crippen molar-refractivity contribution in [1.29, 1.82) is 0 Å². The Kier molecular flexibility index (Phi) is 5.12. The van der Waals surface area contributed by atoms with Crippen LogP contribution in [0, 0.1) is 5.82 Å². The number of nitrogen functional groups attached to an aromatic ring is 1. The average Bonchev–Trinajstić information content (AvgIpc) is 2.23.